The molecule has 37 heavy (non-hydrogen) atoms. The van der Waals surface area contributed by atoms with E-state index in [1.807, 2.05) is 11.0 Å². The third-order valence-corrected chi connectivity index (χ3v) is 6.41. The molecule has 2 heterocycles. The Labute approximate surface area is 213 Å². The van der Waals surface area contributed by atoms with E-state index < -0.39 is 10.8 Å². The number of oxazole rings is 1. The van der Waals surface area contributed by atoms with Crippen LogP contribution in [0, 0.1) is 10.1 Å². The van der Waals surface area contributed by atoms with E-state index in [-0.39, 0.29) is 11.3 Å². The van der Waals surface area contributed by atoms with Crippen molar-refractivity contribution in [3.8, 4) is 23.0 Å². The number of methoxy groups -OCH3 is 2. The molecule has 10 heteroatoms. The summed E-state index contributed by atoms with van der Waals surface area (Å²) in [7, 11) is 3.12. The zero-order valence-electron chi connectivity index (χ0n) is 20.5. The topological polar surface area (TPSA) is 120 Å². The van der Waals surface area contributed by atoms with Gasteiger partial charge in [0, 0.05) is 36.0 Å². The quantitative estimate of drug-likeness (QED) is 0.254. The third-order valence-electron chi connectivity index (χ3n) is 6.41. The van der Waals surface area contributed by atoms with Crippen LogP contribution in [0.1, 0.15) is 29.6 Å². The number of nitrogens with one attached hydrogen (secondary N) is 1. The molecule has 10 nitrogen and oxygen atoms in total. The Bertz CT molecular complexity index is 1480. The van der Waals surface area contributed by atoms with Gasteiger partial charge in [0.1, 0.15) is 11.2 Å². The minimum atomic E-state index is -0.448. The first kappa shape index (κ1) is 24.1. The zero-order chi connectivity index (χ0) is 25.9. The number of nitro groups is 1. The van der Waals surface area contributed by atoms with Gasteiger partial charge in [0.05, 0.1) is 19.1 Å². The predicted octanol–water partition coefficient (Wildman–Crippen LogP) is 5.66. The van der Waals surface area contributed by atoms with Gasteiger partial charge in [-0.2, -0.15) is 0 Å². The Morgan fingerprint density at radius 3 is 2.51 bits per heavy atom. The van der Waals surface area contributed by atoms with E-state index in [2.05, 4.69) is 10.3 Å². The lowest BCUT2D eigenvalue weighted by atomic mass is 10.1. The number of ether oxygens (including phenoxy) is 2. The van der Waals surface area contributed by atoms with Gasteiger partial charge in [0.15, 0.2) is 17.1 Å². The highest BCUT2D eigenvalue weighted by atomic mass is 16.6. The van der Waals surface area contributed by atoms with E-state index in [1.165, 1.54) is 6.07 Å². The second-order valence-electron chi connectivity index (χ2n) is 8.73. The molecule has 190 valence electrons. The minimum Gasteiger partial charge on any atom is -0.493 e. The SMILES string of the molecule is COc1ccc(-c2nc3cc(NC(=O)c4ccc(N5CCCCC5)c([N+](=O)[O-])c4)ccc3o2)cc1OC. The normalized spacial score (nSPS) is 13.4. The van der Waals surface area contributed by atoms with Gasteiger partial charge in [0.2, 0.25) is 5.89 Å². The average molecular weight is 503 g/mol. The van der Waals surface area contributed by atoms with E-state index in [0.29, 0.717) is 45.4 Å². The average Bonchev–Trinajstić information content (AvgIpc) is 3.36. The summed E-state index contributed by atoms with van der Waals surface area (Å²) >= 11 is 0. The van der Waals surface area contributed by atoms with Crippen LogP contribution in [0.25, 0.3) is 22.6 Å². The number of carbonyl (C=O) groups excluding carboxylic acids is 1. The molecule has 1 amide bonds. The van der Waals surface area contributed by atoms with Crippen molar-refractivity contribution in [2.24, 2.45) is 0 Å². The van der Waals surface area contributed by atoms with Crippen molar-refractivity contribution in [2.75, 3.05) is 37.5 Å². The van der Waals surface area contributed by atoms with E-state index in [0.717, 1.165) is 32.4 Å². The van der Waals surface area contributed by atoms with E-state index in [1.54, 1.807) is 56.7 Å². The Morgan fingerprint density at radius 2 is 1.78 bits per heavy atom. The smallest absolute Gasteiger partial charge is 0.293 e. The number of amides is 1. The van der Waals surface area contributed by atoms with Crippen molar-refractivity contribution in [1.29, 1.82) is 0 Å². The number of rotatable bonds is 7. The van der Waals surface area contributed by atoms with Crippen LogP contribution in [0.2, 0.25) is 0 Å². The predicted molar refractivity (Wildman–Crippen MR) is 140 cm³/mol. The zero-order valence-corrected chi connectivity index (χ0v) is 20.5. The lowest BCUT2D eigenvalue weighted by Crippen LogP contribution is -2.30. The number of nitro benzene ring substituents is 1. The summed E-state index contributed by atoms with van der Waals surface area (Å²) in [5, 5.41) is 14.6. The summed E-state index contributed by atoms with van der Waals surface area (Å²) in [6.07, 6.45) is 3.12. The van der Waals surface area contributed by atoms with Crippen molar-refractivity contribution in [3.05, 3.63) is 70.3 Å². The summed E-state index contributed by atoms with van der Waals surface area (Å²) in [5.74, 6) is 1.09. The second kappa shape index (κ2) is 10.2. The first-order valence-corrected chi connectivity index (χ1v) is 11.9. The molecule has 0 unspecified atom stereocenters. The Morgan fingerprint density at radius 1 is 1.00 bits per heavy atom. The number of carbonyl (C=O) groups is 1. The van der Waals surface area contributed by atoms with Crippen molar-refractivity contribution >= 4 is 34.1 Å². The maximum atomic E-state index is 13.0. The summed E-state index contributed by atoms with van der Waals surface area (Å²) < 4.78 is 16.5. The molecular weight excluding hydrogens is 476 g/mol. The molecule has 1 N–H and O–H groups in total. The highest BCUT2D eigenvalue weighted by Crippen LogP contribution is 2.34. The van der Waals surface area contributed by atoms with Crippen molar-refractivity contribution in [2.45, 2.75) is 19.3 Å². The van der Waals surface area contributed by atoms with Gasteiger partial charge < -0.3 is 24.1 Å². The number of hydrogen-bond donors (Lipinski definition) is 1. The molecular formula is C27H26N4O6. The molecule has 4 aromatic rings. The maximum Gasteiger partial charge on any atom is 0.293 e. The van der Waals surface area contributed by atoms with Gasteiger partial charge in [-0.25, -0.2) is 4.98 Å². The largest absolute Gasteiger partial charge is 0.493 e. The maximum absolute atomic E-state index is 13.0. The Kier molecular flexibility index (Phi) is 6.63. The van der Waals surface area contributed by atoms with Crippen molar-refractivity contribution < 1.29 is 23.6 Å². The van der Waals surface area contributed by atoms with Crippen LogP contribution >= 0.6 is 0 Å². The van der Waals surface area contributed by atoms with Crippen molar-refractivity contribution in [3.63, 3.8) is 0 Å². The molecule has 1 aromatic heterocycles. The number of nitrogens with zero attached hydrogens (tertiary/aromatic N) is 3. The Hall–Kier alpha value is -4.60. The van der Waals surface area contributed by atoms with Crippen LogP contribution in [0.5, 0.6) is 11.5 Å². The van der Waals surface area contributed by atoms with Gasteiger partial charge in [-0.15, -0.1) is 0 Å². The molecule has 3 aromatic carbocycles. The summed E-state index contributed by atoms with van der Waals surface area (Å²) in [5.41, 5.74) is 2.99. The highest BCUT2D eigenvalue weighted by molar-refractivity contribution is 6.05. The summed E-state index contributed by atoms with van der Waals surface area (Å²) in [6.45, 7) is 1.55. The number of piperidine rings is 1. The van der Waals surface area contributed by atoms with Crippen molar-refractivity contribution in [1.82, 2.24) is 4.98 Å². The van der Waals surface area contributed by atoms with Gasteiger partial charge >= 0.3 is 0 Å². The number of benzene rings is 3. The van der Waals surface area contributed by atoms with Crippen LogP contribution in [0.15, 0.2) is 59.0 Å². The van der Waals surface area contributed by atoms with Crippen LogP contribution in [0.3, 0.4) is 0 Å². The van der Waals surface area contributed by atoms with E-state index in [4.69, 9.17) is 13.9 Å². The number of fused-ring (bicyclic) bond motifs is 1. The number of aromatic nitrogens is 1. The first-order valence-electron chi connectivity index (χ1n) is 11.9. The van der Waals surface area contributed by atoms with Crippen LogP contribution < -0.4 is 19.7 Å². The van der Waals surface area contributed by atoms with Gasteiger partial charge in [-0.05, 0) is 67.8 Å². The van der Waals surface area contributed by atoms with Gasteiger partial charge in [-0.3, -0.25) is 14.9 Å². The molecule has 5 rings (SSSR count). The molecule has 0 saturated carbocycles. The molecule has 0 radical (unpaired) electrons. The monoisotopic (exact) mass is 502 g/mol. The summed E-state index contributed by atoms with van der Waals surface area (Å²) in [6, 6.07) is 15.1. The Balaban J connectivity index is 1.38. The lowest BCUT2D eigenvalue weighted by Gasteiger charge is -2.28. The second-order valence-corrected chi connectivity index (χ2v) is 8.73. The molecule has 1 aliphatic rings. The van der Waals surface area contributed by atoms with Crippen LogP contribution in [-0.4, -0.2) is 43.1 Å². The number of anilines is 2. The molecule has 0 bridgehead atoms. The first-order chi connectivity index (χ1) is 18.0. The molecule has 0 aliphatic carbocycles. The molecule has 0 atom stereocenters. The van der Waals surface area contributed by atoms with Crippen LogP contribution in [-0.2, 0) is 0 Å². The fraction of sp³-hybridized carbons (Fsp3) is 0.259. The minimum absolute atomic E-state index is 0.0685. The standard InChI is InChI=1S/C27H26N4O6/c1-35-24-10-7-18(15-25(24)36-2)27-29-20-16-19(8-11-23(20)37-27)28-26(32)17-6-9-21(22(14-17)31(33)34)30-12-4-3-5-13-30/h6-11,14-16H,3-5,12-13H2,1-2H3,(H,28,32). The highest BCUT2D eigenvalue weighted by Gasteiger charge is 2.23. The van der Waals surface area contributed by atoms with Crippen LogP contribution in [0.4, 0.5) is 17.1 Å². The molecule has 1 fully saturated rings. The summed E-state index contributed by atoms with van der Waals surface area (Å²) in [4.78, 5) is 30.8. The lowest BCUT2D eigenvalue weighted by molar-refractivity contribution is -0.384. The number of hydrogen-bond acceptors (Lipinski definition) is 8. The molecule has 1 aliphatic heterocycles. The van der Waals surface area contributed by atoms with Gasteiger partial charge in [-0.1, -0.05) is 0 Å². The fourth-order valence-corrected chi connectivity index (χ4v) is 4.51. The van der Waals surface area contributed by atoms with E-state index in [9.17, 15) is 14.9 Å². The third kappa shape index (κ3) is 4.90. The van der Waals surface area contributed by atoms with Gasteiger partial charge in [0.25, 0.3) is 11.6 Å². The molecule has 0 spiro atoms. The fourth-order valence-electron chi connectivity index (χ4n) is 4.51. The van der Waals surface area contributed by atoms with E-state index >= 15 is 0 Å². The molecule has 1 saturated heterocycles.